The number of benzene rings is 1. The van der Waals surface area contributed by atoms with Gasteiger partial charge in [-0.3, -0.25) is 4.79 Å². The summed E-state index contributed by atoms with van der Waals surface area (Å²) in [4.78, 5) is 11.8. The highest BCUT2D eigenvalue weighted by Crippen LogP contribution is 2.23. The summed E-state index contributed by atoms with van der Waals surface area (Å²) in [7, 11) is 0. The largest absolute Gasteiger partial charge is 0.508 e. The molecule has 0 saturated carbocycles. The van der Waals surface area contributed by atoms with Crippen molar-refractivity contribution < 1.29 is 15.0 Å². The highest BCUT2D eigenvalue weighted by atomic mass is 16.3. The topological polar surface area (TPSA) is 57.5 Å². The monoisotopic (exact) mass is 242 g/mol. The fourth-order valence-electron chi connectivity index (χ4n) is 1.77. The predicted octanol–water partition coefficient (Wildman–Crippen LogP) is 2.97. The molecule has 0 fully saturated rings. The lowest BCUT2D eigenvalue weighted by Gasteiger charge is -2.06. The first-order valence-corrected chi connectivity index (χ1v) is 5.74. The van der Waals surface area contributed by atoms with Crippen molar-refractivity contribution in [3.63, 3.8) is 0 Å². The van der Waals surface area contributed by atoms with Gasteiger partial charge in [-0.25, -0.2) is 0 Å². The molecule has 92 valence electrons. The van der Waals surface area contributed by atoms with Crippen molar-refractivity contribution >= 4 is 5.78 Å². The van der Waals surface area contributed by atoms with E-state index in [1.165, 1.54) is 18.2 Å². The molecule has 0 aromatic heterocycles. The van der Waals surface area contributed by atoms with Gasteiger partial charge in [0.1, 0.15) is 11.5 Å². The zero-order valence-corrected chi connectivity index (χ0v) is 9.78. The number of rotatable bonds is 3. The molecule has 0 spiro atoms. The maximum Gasteiger partial charge on any atom is 0.189 e. The Morgan fingerprint density at radius 1 is 1.28 bits per heavy atom. The number of phenols is 2. The third kappa shape index (κ3) is 2.88. The van der Waals surface area contributed by atoms with E-state index in [1.807, 2.05) is 30.4 Å². The fraction of sp³-hybridized carbons (Fsp3) is 0.133. The lowest BCUT2D eigenvalue weighted by Crippen LogP contribution is -1.98. The summed E-state index contributed by atoms with van der Waals surface area (Å²) < 4.78 is 0. The number of aromatic hydroxyl groups is 2. The molecule has 0 aliphatic heterocycles. The van der Waals surface area contributed by atoms with Gasteiger partial charge >= 0.3 is 0 Å². The van der Waals surface area contributed by atoms with E-state index >= 15 is 0 Å². The van der Waals surface area contributed by atoms with Gasteiger partial charge in [0.05, 0.1) is 5.56 Å². The summed E-state index contributed by atoms with van der Waals surface area (Å²) in [5, 5.41) is 18.7. The minimum Gasteiger partial charge on any atom is -0.508 e. The Balaban J connectivity index is 2.09. The second-order valence-electron chi connectivity index (χ2n) is 4.14. The van der Waals surface area contributed by atoms with Gasteiger partial charge in [0.25, 0.3) is 0 Å². The van der Waals surface area contributed by atoms with Crippen LogP contribution < -0.4 is 0 Å². The molecule has 1 aromatic carbocycles. The molecule has 0 radical (unpaired) electrons. The summed E-state index contributed by atoms with van der Waals surface area (Å²) in [5.41, 5.74) is 0.194. The Kier molecular flexibility index (Phi) is 3.63. The predicted molar refractivity (Wildman–Crippen MR) is 69.6 cm³/mol. The van der Waals surface area contributed by atoms with Crippen LogP contribution in [0.25, 0.3) is 0 Å². The SMILES string of the molecule is O=C(C=CC1C=CC=CC1)c1ccc(O)cc1O. The Morgan fingerprint density at radius 2 is 2.11 bits per heavy atom. The minimum atomic E-state index is -0.268. The van der Waals surface area contributed by atoms with Gasteiger partial charge in [-0.1, -0.05) is 30.4 Å². The van der Waals surface area contributed by atoms with Crippen LogP contribution in [-0.2, 0) is 0 Å². The number of carbonyl (C=O) groups is 1. The van der Waals surface area contributed by atoms with Crippen LogP contribution in [0, 0.1) is 5.92 Å². The molecular weight excluding hydrogens is 228 g/mol. The van der Waals surface area contributed by atoms with E-state index in [9.17, 15) is 9.90 Å². The molecule has 3 nitrogen and oxygen atoms in total. The van der Waals surface area contributed by atoms with Gasteiger partial charge in [0, 0.05) is 6.07 Å². The lowest BCUT2D eigenvalue weighted by atomic mass is 9.99. The van der Waals surface area contributed by atoms with Gasteiger partial charge in [-0.15, -0.1) is 0 Å². The molecule has 18 heavy (non-hydrogen) atoms. The van der Waals surface area contributed by atoms with Gasteiger partial charge < -0.3 is 10.2 Å². The number of allylic oxidation sites excluding steroid dienone is 6. The molecule has 1 atom stereocenters. The van der Waals surface area contributed by atoms with Crippen molar-refractivity contribution in [3.05, 3.63) is 60.2 Å². The van der Waals surface area contributed by atoms with Gasteiger partial charge in [0.2, 0.25) is 0 Å². The van der Waals surface area contributed by atoms with Crippen molar-refractivity contribution in [1.29, 1.82) is 0 Å². The molecule has 0 saturated heterocycles. The number of phenolic OH excluding ortho intramolecular Hbond substituents is 2. The number of carbonyl (C=O) groups excluding carboxylic acids is 1. The summed E-state index contributed by atoms with van der Waals surface area (Å²) in [6, 6.07) is 3.95. The third-order valence-electron chi connectivity index (χ3n) is 2.76. The number of hydrogen-bond donors (Lipinski definition) is 2. The Hall–Kier alpha value is -2.29. The van der Waals surface area contributed by atoms with Crippen LogP contribution >= 0.6 is 0 Å². The number of hydrogen-bond acceptors (Lipinski definition) is 3. The average molecular weight is 242 g/mol. The molecule has 0 amide bonds. The van der Waals surface area contributed by atoms with E-state index in [0.29, 0.717) is 0 Å². The lowest BCUT2D eigenvalue weighted by molar-refractivity contribution is 0.104. The number of ketones is 1. The first kappa shape index (κ1) is 12.2. The van der Waals surface area contributed by atoms with Gasteiger partial charge in [-0.2, -0.15) is 0 Å². The highest BCUT2D eigenvalue weighted by Gasteiger charge is 2.09. The normalized spacial score (nSPS) is 18.3. The standard InChI is InChI=1S/C15H14O3/c16-12-7-8-13(15(18)10-12)14(17)9-6-11-4-2-1-3-5-11/h1-4,6-11,16,18H,5H2. The quantitative estimate of drug-likeness (QED) is 0.632. The van der Waals surface area contributed by atoms with Crippen LogP contribution in [0.2, 0.25) is 0 Å². The summed E-state index contributed by atoms with van der Waals surface area (Å²) in [6.07, 6.45) is 12.1. The molecule has 2 rings (SSSR count). The van der Waals surface area contributed by atoms with E-state index in [1.54, 1.807) is 0 Å². The second kappa shape index (κ2) is 5.36. The molecule has 1 unspecified atom stereocenters. The van der Waals surface area contributed by atoms with Crippen molar-refractivity contribution in [2.24, 2.45) is 5.92 Å². The van der Waals surface area contributed by atoms with Crippen LogP contribution in [0.3, 0.4) is 0 Å². The van der Waals surface area contributed by atoms with Crippen LogP contribution in [0.5, 0.6) is 11.5 Å². The summed E-state index contributed by atoms with van der Waals surface area (Å²) >= 11 is 0. The minimum absolute atomic E-state index is 0.0617. The van der Waals surface area contributed by atoms with Crippen LogP contribution in [0.1, 0.15) is 16.8 Å². The van der Waals surface area contributed by atoms with Crippen molar-refractivity contribution in [1.82, 2.24) is 0 Å². The molecule has 1 aromatic rings. The highest BCUT2D eigenvalue weighted by molar-refractivity contribution is 6.06. The fourth-order valence-corrected chi connectivity index (χ4v) is 1.77. The van der Waals surface area contributed by atoms with Crippen LogP contribution in [-0.4, -0.2) is 16.0 Å². The van der Waals surface area contributed by atoms with E-state index in [-0.39, 0.29) is 28.8 Å². The molecule has 1 aliphatic carbocycles. The van der Waals surface area contributed by atoms with Crippen molar-refractivity contribution in [3.8, 4) is 11.5 Å². The van der Waals surface area contributed by atoms with Gasteiger partial charge in [-0.05, 0) is 30.5 Å². The zero-order chi connectivity index (χ0) is 13.0. The molecule has 3 heteroatoms. The van der Waals surface area contributed by atoms with Gasteiger partial charge in [0.15, 0.2) is 5.78 Å². The maximum atomic E-state index is 11.8. The Labute approximate surface area is 105 Å². The molecule has 1 aliphatic rings. The summed E-state index contributed by atoms with van der Waals surface area (Å²) in [6.45, 7) is 0. The second-order valence-corrected chi connectivity index (χ2v) is 4.14. The molecular formula is C15H14O3. The Bertz CT molecular complexity index is 539. The molecule has 2 N–H and O–H groups in total. The summed E-state index contributed by atoms with van der Waals surface area (Å²) in [5.74, 6) is -0.314. The average Bonchev–Trinajstić information content (AvgIpc) is 2.37. The van der Waals surface area contributed by atoms with E-state index in [4.69, 9.17) is 5.11 Å². The third-order valence-corrected chi connectivity index (χ3v) is 2.76. The zero-order valence-electron chi connectivity index (χ0n) is 9.78. The first-order valence-electron chi connectivity index (χ1n) is 5.74. The van der Waals surface area contributed by atoms with E-state index in [0.717, 1.165) is 12.5 Å². The maximum absolute atomic E-state index is 11.8. The molecule has 0 bridgehead atoms. The Morgan fingerprint density at radius 3 is 2.78 bits per heavy atom. The van der Waals surface area contributed by atoms with Crippen LogP contribution in [0.4, 0.5) is 0 Å². The van der Waals surface area contributed by atoms with E-state index < -0.39 is 0 Å². The van der Waals surface area contributed by atoms with Crippen molar-refractivity contribution in [2.45, 2.75) is 6.42 Å². The smallest absolute Gasteiger partial charge is 0.189 e. The molecule has 0 heterocycles. The van der Waals surface area contributed by atoms with E-state index in [2.05, 4.69) is 0 Å². The van der Waals surface area contributed by atoms with Crippen molar-refractivity contribution in [2.75, 3.05) is 0 Å². The van der Waals surface area contributed by atoms with Crippen LogP contribution in [0.15, 0.2) is 54.7 Å². The first-order chi connectivity index (χ1) is 8.66.